The largest absolute Gasteiger partial charge is 0.491 e. The summed E-state index contributed by atoms with van der Waals surface area (Å²) < 4.78 is 6.77. The first kappa shape index (κ1) is 22.4. The smallest absolute Gasteiger partial charge is 0.269 e. The van der Waals surface area contributed by atoms with Crippen molar-refractivity contribution in [2.45, 2.75) is 47.5 Å². The Morgan fingerprint density at radius 3 is 2.40 bits per heavy atom. The van der Waals surface area contributed by atoms with E-state index in [4.69, 9.17) is 10.5 Å². The number of rotatable bonds is 5. The zero-order chi connectivity index (χ0) is 19.4. The predicted molar refractivity (Wildman–Crippen MR) is 100 cm³/mol. The van der Waals surface area contributed by atoms with Crippen LogP contribution < -0.4 is 15.8 Å². The lowest BCUT2D eigenvalue weighted by molar-refractivity contribution is 0.0996. The Hall–Kier alpha value is -2.64. The molecule has 2 rings (SSSR count). The van der Waals surface area contributed by atoms with Gasteiger partial charge in [-0.3, -0.25) is 9.48 Å². The number of aromatic nitrogens is 4. The van der Waals surface area contributed by atoms with E-state index in [0.29, 0.717) is 29.5 Å². The Balaban J connectivity index is 0.00000104. The molecule has 25 heavy (non-hydrogen) atoms. The van der Waals surface area contributed by atoms with E-state index >= 15 is 0 Å². The maximum Gasteiger partial charge on any atom is 0.269 e. The molecule has 1 amide bonds. The van der Waals surface area contributed by atoms with Crippen molar-refractivity contribution in [2.24, 2.45) is 12.8 Å². The van der Waals surface area contributed by atoms with E-state index in [1.165, 1.54) is 19.7 Å². The number of methoxy groups -OCH3 is 1. The van der Waals surface area contributed by atoms with Gasteiger partial charge in [0.1, 0.15) is 5.82 Å². The molecule has 0 aliphatic rings. The van der Waals surface area contributed by atoms with Crippen molar-refractivity contribution in [3.05, 3.63) is 23.9 Å². The molecule has 0 bridgehead atoms. The van der Waals surface area contributed by atoms with Crippen LogP contribution in [-0.2, 0) is 13.5 Å². The molecule has 2 aromatic rings. The van der Waals surface area contributed by atoms with Crippen LogP contribution >= 0.6 is 0 Å². The minimum atomic E-state index is -0.625. The van der Waals surface area contributed by atoms with E-state index in [-0.39, 0.29) is 5.69 Å². The summed E-state index contributed by atoms with van der Waals surface area (Å²) >= 11 is 0. The highest BCUT2D eigenvalue weighted by Gasteiger charge is 2.15. The Bertz CT molecular complexity index is 655. The molecule has 140 valence electrons. The van der Waals surface area contributed by atoms with Gasteiger partial charge in [-0.05, 0) is 0 Å². The lowest BCUT2D eigenvalue weighted by atomic mass is 10.3. The van der Waals surface area contributed by atoms with Crippen molar-refractivity contribution in [3.8, 4) is 5.75 Å². The third kappa shape index (κ3) is 6.78. The van der Waals surface area contributed by atoms with Crippen LogP contribution in [0, 0.1) is 0 Å². The van der Waals surface area contributed by atoms with Gasteiger partial charge in [-0.1, -0.05) is 41.0 Å². The Morgan fingerprint density at radius 2 is 1.92 bits per heavy atom. The first-order valence-corrected chi connectivity index (χ1v) is 8.47. The van der Waals surface area contributed by atoms with Crippen molar-refractivity contribution >= 4 is 17.4 Å². The summed E-state index contributed by atoms with van der Waals surface area (Å²) in [6, 6.07) is 0. The molecule has 2 heterocycles. The number of ether oxygens (including phenoxy) is 1. The van der Waals surface area contributed by atoms with Crippen LogP contribution in [0.4, 0.5) is 11.5 Å². The highest BCUT2D eigenvalue weighted by Crippen LogP contribution is 2.26. The number of nitrogens with two attached hydrogens (primary N) is 1. The molecule has 3 N–H and O–H groups in total. The standard InChI is InChI=1S/C12H16N6O2.C3H8.C2H6/c1-4-9-14-5-7(10(16-9)11(13)19)15-12-8(20-3)6-18(2)17-12;1-3-2;1-2/h5-6H,4H2,1-3H3,(H2,13,19)(H,15,17);3H2,1-2H3;1-2H3. The summed E-state index contributed by atoms with van der Waals surface area (Å²) in [5.41, 5.74) is 5.87. The molecule has 0 saturated heterocycles. The fourth-order valence-electron chi connectivity index (χ4n) is 1.70. The highest BCUT2D eigenvalue weighted by molar-refractivity contribution is 5.97. The van der Waals surface area contributed by atoms with Gasteiger partial charge in [-0.25, -0.2) is 9.97 Å². The van der Waals surface area contributed by atoms with Crippen LogP contribution in [0.25, 0.3) is 0 Å². The number of anilines is 2. The summed E-state index contributed by atoms with van der Waals surface area (Å²) in [5.74, 6) is 0.935. The molecule has 0 saturated carbocycles. The van der Waals surface area contributed by atoms with E-state index in [9.17, 15) is 4.79 Å². The second-order valence-corrected chi connectivity index (χ2v) is 4.82. The Kier molecular flexibility index (Phi) is 10.6. The summed E-state index contributed by atoms with van der Waals surface area (Å²) in [5, 5.41) is 7.16. The Morgan fingerprint density at radius 1 is 1.32 bits per heavy atom. The van der Waals surface area contributed by atoms with E-state index < -0.39 is 5.91 Å². The molecular formula is C17H30N6O2. The summed E-state index contributed by atoms with van der Waals surface area (Å²) in [6.07, 6.45) is 5.08. The maximum atomic E-state index is 11.5. The highest BCUT2D eigenvalue weighted by atomic mass is 16.5. The number of hydrogen-bond donors (Lipinski definition) is 2. The molecular weight excluding hydrogens is 320 g/mol. The molecule has 0 aromatic carbocycles. The minimum absolute atomic E-state index is 0.129. The monoisotopic (exact) mass is 350 g/mol. The molecule has 8 heteroatoms. The van der Waals surface area contributed by atoms with Crippen molar-refractivity contribution in [1.29, 1.82) is 0 Å². The molecule has 0 atom stereocenters. The molecule has 0 aliphatic heterocycles. The number of primary amides is 1. The number of nitrogens with zero attached hydrogens (tertiary/aromatic N) is 4. The molecule has 8 nitrogen and oxygen atoms in total. The lowest BCUT2D eigenvalue weighted by Gasteiger charge is -2.09. The topological polar surface area (TPSA) is 108 Å². The number of nitrogens with one attached hydrogen (secondary N) is 1. The van der Waals surface area contributed by atoms with Crippen LogP contribution in [0.5, 0.6) is 5.75 Å². The third-order valence-electron chi connectivity index (χ3n) is 2.66. The van der Waals surface area contributed by atoms with Gasteiger partial charge < -0.3 is 15.8 Å². The van der Waals surface area contributed by atoms with E-state index in [2.05, 4.69) is 34.2 Å². The minimum Gasteiger partial charge on any atom is -0.491 e. The van der Waals surface area contributed by atoms with Crippen LogP contribution in [0.15, 0.2) is 12.4 Å². The molecule has 0 spiro atoms. The quantitative estimate of drug-likeness (QED) is 0.858. The summed E-state index contributed by atoms with van der Waals surface area (Å²) in [7, 11) is 3.30. The number of aryl methyl sites for hydroxylation is 2. The fourth-order valence-corrected chi connectivity index (χ4v) is 1.70. The number of carbonyl (C=O) groups is 1. The maximum absolute atomic E-state index is 11.5. The van der Waals surface area contributed by atoms with Gasteiger partial charge >= 0.3 is 0 Å². The molecule has 0 aliphatic carbocycles. The second kappa shape index (κ2) is 11.8. The zero-order valence-corrected chi connectivity index (χ0v) is 16.3. The van der Waals surface area contributed by atoms with Crippen molar-refractivity contribution < 1.29 is 9.53 Å². The van der Waals surface area contributed by atoms with Gasteiger partial charge in [0.05, 0.1) is 25.2 Å². The van der Waals surface area contributed by atoms with Crippen LogP contribution in [0.1, 0.15) is 57.4 Å². The van der Waals surface area contributed by atoms with Gasteiger partial charge in [0.15, 0.2) is 17.3 Å². The van der Waals surface area contributed by atoms with Crippen molar-refractivity contribution in [3.63, 3.8) is 0 Å². The number of carbonyl (C=O) groups excluding carboxylic acids is 1. The number of amides is 1. The SMILES string of the molecule is CC.CCC.CCc1ncc(Nc2nn(C)cc2OC)c(C(N)=O)n1. The van der Waals surface area contributed by atoms with Gasteiger partial charge in [0.25, 0.3) is 5.91 Å². The summed E-state index contributed by atoms with van der Waals surface area (Å²) in [4.78, 5) is 19.7. The van der Waals surface area contributed by atoms with Gasteiger partial charge in [-0.2, -0.15) is 5.10 Å². The molecule has 0 radical (unpaired) electrons. The van der Waals surface area contributed by atoms with Crippen LogP contribution in [0.3, 0.4) is 0 Å². The normalized spacial score (nSPS) is 9.24. The van der Waals surface area contributed by atoms with E-state index in [0.717, 1.165) is 0 Å². The van der Waals surface area contributed by atoms with Gasteiger partial charge in [0.2, 0.25) is 0 Å². The molecule has 2 aromatic heterocycles. The average Bonchev–Trinajstić information content (AvgIpc) is 2.97. The predicted octanol–water partition coefficient (Wildman–Crippen LogP) is 3.07. The average molecular weight is 350 g/mol. The zero-order valence-electron chi connectivity index (χ0n) is 16.3. The third-order valence-corrected chi connectivity index (χ3v) is 2.66. The van der Waals surface area contributed by atoms with Crippen molar-refractivity contribution in [2.75, 3.05) is 12.4 Å². The summed E-state index contributed by atoms with van der Waals surface area (Å²) in [6.45, 7) is 10.1. The van der Waals surface area contributed by atoms with E-state index in [1.54, 1.807) is 17.9 Å². The lowest BCUT2D eigenvalue weighted by Crippen LogP contribution is -2.17. The second-order valence-electron chi connectivity index (χ2n) is 4.82. The fraction of sp³-hybridized carbons (Fsp3) is 0.529. The first-order chi connectivity index (χ1) is 12.0. The molecule has 0 fully saturated rings. The van der Waals surface area contributed by atoms with E-state index in [1.807, 2.05) is 20.8 Å². The van der Waals surface area contributed by atoms with Crippen LogP contribution in [-0.4, -0.2) is 32.8 Å². The Labute approximate surface area is 149 Å². The van der Waals surface area contributed by atoms with Crippen molar-refractivity contribution in [1.82, 2.24) is 19.7 Å². The van der Waals surface area contributed by atoms with Gasteiger partial charge in [0, 0.05) is 13.5 Å². The number of hydrogen-bond acceptors (Lipinski definition) is 6. The van der Waals surface area contributed by atoms with Crippen LogP contribution in [0.2, 0.25) is 0 Å². The van der Waals surface area contributed by atoms with Gasteiger partial charge in [-0.15, -0.1) is 0 Å². The molecule has 0 unspecified atom stereocenters. The first-order valence-electron chi connectivity index (χ1n) is 8.47.